The maximum atomic E-state index is 10.7. The summed E-state index contributed by atoms with van der Waals surface area (Å²) >= 11 is 0. The molecule has 8 heteroatoms. The number of hydrogen-bond acceptors (Lipinski definition) is 7. The molecule has 1 heterocycles. The minimum atomic E-state index is -2.68. The third kappa shape index (κ3) is 2.32. The van der Waals surface area contributed by atoms with Crippen LogP contribution in [0.1, 0.15) is 6.42 Å². The molecule has 1 saturated heterocycles. The molecule has 0 aromatic heterocycles. The standard InChI is InChI=1S/C8H14O8/c9-2-4(11)6-5(12)3(10)1-8(15,16-6)7(13)14/h3-6,9-12,15H,1-2H2,(H,13,14)/t3-,4-,5+,6-,8-/m1/s1. The Kier molecular flexibility index (Phi) is 3.84. The van der Waals surface area contributed by atoms with Crippen LogP contribution in [0.2, 0.25) is 0 Å². The Labute approximate surface area is 90.3 Å². The number of rotatable bonds is 3. The van der Waals surface area contributed by atoms with Crippen molar-refractivity contribution in [3.8, 4) is 0 Å². The lowest BCUT2D eigenvalue weighted by Crippen LogP contribution is -2.61. The van der Waals surface area contributed by atoms with E-state index < -0.39 is 49.2 Å². The van der Waals surface area contributed by atoms with Crippen LogP contribution in [0, 0.1) is 0 Å². The zero-order chi connectivity index (χ0) is 12.5. The lowest BCUT2D eigenvalue weighted by Gasteiger charge is -2.41. The summed E-state index contributed by atoms with van der Waals surface area (Å²) in [7, 11) is 0. The smallest absolute Gasteiger partial charge is 0.364 e. The van der Waals surface area contributed by atoms with E-state index in [1.165, 1.54) is 0 Å². The first-order valence-electron chi connectivity index (χ1n) is 4.60. The molecule has 16 heavy (non-hydrogen) atoms. The summed E-state index contributed by atoms with van der Waals surface area (Å²) < 4.78 is 4.61. The van der Waals surface area contributed by atoms with Crippen molar-refractivity contribution in [2.45, 2.75) is 36.6 Å². The molecular weight excluding hydrogens is 224 g/mol. The number of aliphatic hydroxyl groups excluding tert-OH is 4. The fourth-order valence-corrected chi connectivity index (χ4v) is 1.51. The highest BCUT2D eigenvalue weighted by atomic mass is 16.7. The molecule has 1 rings (SSSR count). The minimum absolute atomic E-state index is 0.724. The number of carboxylic acids is 1. The van der Waals surface area contributed by atoms with Gasteiger partial charge in [-0.2, -0.15) is 0 Å². The van der Waals surface area contributed by atoms with Crippen molar-refractivity contribution < 1.29 is 40.2 Å². The van der Waals surface area contributed by atoms with Gasteiger partial charge in [-0.15, -0.1) is 0 Å². The second kappa shape index (κ2) is 4.62. The lowest BCUT2D eigenvalue weighted by molar-refractivity contribution is -0.308. The third-order valence-corrected chi connectivity index (χ3v) is 2.45. The molecule has 0 aromatic carbocycles. The number of aliphatic carboxylic acids is 1. The molecule has 0 spiro atoms. The van der Waals surface area contributed by atoms with E-state index >= 15 is 0 Å². The van der Waals surface area contributed by atoms with Crippen molar-refractivity contribution in [3.63, 3.8) is 0 Å². The van der Waals surface area contributed by atoms with Gasteiger partial charge in [-0.1, -0.05) is 0 Å². The molecule has 0 aliphatic carbocycles. The average molecular weight is 238 g/mol. The van der Waals surface area contributed by atoms with Gasteiger partial charge in [-0.05, 0) is 0 Å². The van der Waals surface area contributed by atoms with Gasteiger partial charge in [0.1, 0.15) is 18.3 Å². The Hall–Kier alpha value is -0.770. The molecule has 8 nitrogen and oxygen atoms in total. The second-order valence-electron chi connectivity index (χ2n) is 3.68. The van der Waals surface area contributed by atoms with Crippen LogP contribution in [0.15, 0.2) is 0 Å². The number of hydrogen-bond donors (Lipinski definition) is 6. The van der Waals surface area contributed by atoms with Crippen molar-refractivity contribution in [2.75, 3.05) is 6.61 Å². The first kappa shape index (κ1) is 13.3. The first-order chi connectivity index (χ1) is 7.31. The summed E-state index contributed by atoms with van der Waals surface area (Å²) in [5, 5.41) is 54.7. The molecular formula is C8H14O8. The van der Waals surface area contributed by atoms with E-state index in [2.05, 4.69) is 4.74 Å². The van der Waals surface area contributed by atoms with Crippen molar-refractivity contribution >= 4 is 5.97 Å². The molecule has 5 atom stereocenters. The highest BCUT2D eigenvalue weighted by Crippen LogP contribution is 2.29. The third-order valence-electron chi connectivity index (χ3n) is 2.45. The fraction of sp³-hybridized carbons (Fsp3) is 0.875. The Morgan fingerprint density at radius 3 is 2.50 bits per heavy atom. The molecule has 6 N–H and O–H groups in total. The van der Waals surface area contributed by atoms with Gasteiger partial charge in [0, 0.05) is 6.42 Å². The van der Waals surface area contributed by atoms with Crippen LogP contribution < -0.4 is 0 Å². The average Bonchev–Trinajstić information content (AvgIpc) is 2.22. The summed E-state index contributed by atoms with van der Waals surface area (Å²) in [6, 6.07) is 0. The highest BCUT2D eigenvalue weighted by Gasteiger charge is 2.52. The molecule has 94 valence electrons. The lowest BCUT2D eigenvalue weighted by atomic mass is 9.93. The Bertz CT molecular complexity index is 269. The van der Waals surface area contributed by atoms with Crippen LogP contribution in [0.4, 0.5) is 0 Å². The molecule has 0 radical (unpaired) electrons. The molecule has 0 unspecified atom stereocenters. The van der Waals surface area contributed by atoms with Crippen LogP contribution in [0.25, 0.3) is 0 Å². The summed E-state index contributed by atoms with van der Waals surface area (Å²) in [6.07, 6.45) is -7.05. The van der Waals surface area contributed by atoms with Crippen LogP contribution in [-0.2, 0) is 9.53 Å². The van der Waals surface area contributed by atoms with Crippen molar-refractivity contribution in [3.05, 3.63) is 0 Å². The molecule has 0 saturated carbocycles. The van der Waals surface area contributed by atoms with E-state index in [-0.39, 0.29) is 0 Å². The van der Waals surface area contributed by atoms with Crippen LogP contribution in [0.5, 0.6) is 0 Å². The fourth-order valence-electron chi connectivity index (χ4n) is 1.51. The maximum Gasteiger partial charge on any atom is 0.364 e. The number of ether oxygens (including phenoxy) is 1. The van der Waals surface area contributed by atoms with Gasteiger partial charge in [-0.3, -0.25) is 0 Å². The molecule has 1 aliphatic rings. The summed E-state index contributed by atoms with van der Waals surface area (Å²) in [5.41, 5.74) is 0. The Morgan fingerprint density at radius 2 is 2.06 bits per heavy atom. The largest absolute Gasteiger partial charge is 0.477 e. The van der Waals surface area contributed by atoms with E-state index in [1.807, 2.05) is 0 Å². The van der Waals surface area contributed by atoms with Crippen molar-refractivity contribution in [2.24, 2.45) is 0 Å². The van der Waals surface area contributed by atoms with Crippen LogP contribution >= 0.6 is 0 Å². The topological polar surface area (TPSA) is 148 Å². The number of aliphatic hydroxyl groups is 5. The number of carbonyl (C=O) groups is 1. The predicted octanol–water partition coefficient (Wildman–Crippen LogP) is -3.38. The normalized spacial score (nSPS) is 41.7. The van der Waals surface area contributed by atoms with Gasteiger partial charge >= 0.3 is 5.97 Å². The van der Waals surface area contributed by atoms with E-state index in [0.29, 0.717) is 0 Å². The summed E-state index contributed by atoms with van der Waals surface area (Å²) in [6.45, 7) is -0.801. The quantitative estimate of drug-likeness (QED) is 0.298. The minimum Gasteiger partial charge on any atom is -0.477 e. The van der Waals surface area contributed by atoms with Gasteiger partial charge in [0.15, 0.2) is 0 Å². The van der Waals surface area contributed by atoms with Gasteiger partial charge in [0.2, 0.25) is 0 Å². The summed E-state index contributed by atoms with van der Waals surface area (Å²) in [5.74, 6) is -4.42. The van der Waals surface area contributed by atoms with Crippen LogP contribution in [0.3, 0.4) is 0 Å². The van der Waals surface area contributed by atoms with E-state index in [9.17, 15) is 25.2 Å². The van der Waals surface area contributed by atoms with E-state index in [0.717, 1.165) is 0 Å². The van der Waals surface area contributed by atoms with E-state index in [4.69, 9.17) is 10.2 Å². The van der Waals surface area contributed by atoms with Crippen LogP contribution in [-0.4, -0.2) is 73.4 Å². The second-order valence-corrected chi connectivity index (χ2v) is 3.68. The Morgan fingerprint density at radius 1 is 1.50 bits per heavy atom. The van der Waals surface area contributed by atoms with Crippen molar-refractivity contribution in [1.29, 1.82) is 0 Å². The highest BCUT2D eigenvalue weighted by molar-refractivity contribution is 5.75. The van der Waals surface area contributed by atoms with Gasteiger partial charge < -0.3 is 35.4 Å². The predicted molar refractivity (Wildman–Crippen MR) is 47.2 cm³/mol. The summed E-state index contributed by atoms with van der Waals surface area (Å²) in [4.78, 5) is 10.7. The molecule has 0 amide bonds. The SMILES string of the molecule is O=C(O)[C@@]1(O)C[C@@H](O)[C@H](O)[C@@H]([C@H](O)CO)O1. The zero-order valence-corrected chi connectivity index (χ0v) is 8.22. The molecule has 1 aliphatic heterocycles. The van der Waals surface area contributed by atoms with Gasteiger partial charge in [-0.25, -0.2) is 4.79 Å². The van der Waals surface area contributed by atoms with Crippen molar-refractivity contribution in [1.82, 2.24) is 0 Å². The van der Waals surface area contributed by atoms with Gasteiger partial charge in [0.05, 0.1) is 12.7 Å². The Balaban J connectivity index is 2.89. The van der Waals surface area contributed by atoms with Gasteiger partial charge in [0.25, 0.3) is 5.79 Å². The molecule has 0 bridgehead atoms. The number of carboxylic acid groups (broad SMARTS) is 1. The maximum absolute atomic E-state index is 10.7. The zero-order valence-electron chi connectivity index (χ0n) is 8.22. The molecule has 0 aromatic rings. The first-order valence-corrected chi connectivity index (χ1v) is 4.60. The monoisotopic (exact) mass is 238 g/mol. The van der Waals surface area contributed by atoms with E-state index in [1.54, 1.807) is 0 Å². The molecule has 1 fully saturated rings.